The highest BCUT2D eigenvalue weighted by molar-refractivity contribution is 5.11. The second-order valence-electron chi connectivity index (χ2n) is 14.0. The van der Waals surface area contributed by atoms with E-state index in [9.17, 15) is 10.2 Å². The molecule has 5 rings (SSSR count). The lowest BCUT2D eigenvalue weighted by Crippen LogP contribution is -2.56. The fourth-order valence-electron chi connectivity index (χ4n) is 10.6. The van der Waals surface area contributed by atoms with E-state index in [2.05, 4.69) is 27.7 Å². The second kappa shape index (κ2) is 8.54. The molecular formula is C30H52O2. The van der Waals surface area contributed by atoms with Gasteiger partial charge in [-0.25, -0.2) is 0 Å². The summed E-state index contributed by atoms with van der Waals surface area (Å²) < 4.78 is 0. The van der Waals surface area contributed by atoms with Crippen molar-refractivity contribution in [2.24, 2.45) is 52.3 Å². The van der Waals surface area contributed by atoms with Gasteiger partial charge >= 0.3 is 0 Å². The SMILES string of the molecule is CC[C@]1(O)CC[C@@]2(C)[C@H](CC[C@@H]3[C@@H]2CC[C@]2(C)[C@@H]([C@H](C)[C@H](O)CC4CCCC4)CC[C@@H]32)C1. The van der Waals surface area contributed by atoms with Gasteiger partial charge in [-0.2, -0.15) is 0 Å². The van der Waals surface area contributed by atoms with Crippen LogP contribution in [0.15, 0.2) is 0 Å². The van der Waals surface area contributed by atoms with E-state index in [1.54, 1.807) is 0 Å². The molecule has 184 valence electrons. The Hall–Kier alpha value is -0.0800. The molecule has 0 aromatic heterocycles. The lowest BCUT2D eigenvalue weighted by Gasteiger charge is -2.62. The summed E-state index contributed by atoms with van der Waals surface area (Å²) in [4.78, 5) is 0. The van der Waals surface area contributed by atoms with Crippen LogP contribution in [-0.4, -0.2) is 21.9 Å². The van der Waals surface area contributed by atoms with Gasteiger partial charge in [0, 0.05) is 0 Å². The molecule has 0 aliphatic heterocycles. The van der Waals surface area contributed by atoms with Crippen molar-refractivity contribution in [3.8, 4) is 0 Å². The lowest BCUT2D eigenvalue weighted by atomic mass is 9.43. The van der Waals surface area contributed by atoms with Gasteiger partial charge < -0.3 is 10.2 Å². The van der Waals surface area contributed by atoms with Crippen molar-refractivity contribution >= 4 is 0 Å². The zero-order chi connectivity index (χ0) is 22.7. The minimum atomic E-state index is -0.385. The number of hydrogen-bond acceptors (Lipinski definition) is 2. The molecule has 0 spiro atoms. The molecule has 0 heterocycles. The van der Waals surface area contributed by atoms with Gasteiger partial charge in [-0.15, -0.1) is 0 Å². The average Bonchev–Trinajstić information content (AvgIpc) is 3.41. The first kappa shape index (κ1) is 23.7. The van der Waals surface area contributed by atoms with Crippen LogP contribution in [0.5, 0.6) is 0 Å². The van der Waals surface area contributed by atoms with E-state index in [-0.39, 0.29) is 11.7 Å². The highest BCUT2D eigenvalue weighted by Crippen LogP contribution is 2.69. The predicted octanol–water partition coefficient (Wildman–Crippen LogP) is 7.36. The Morgan fingerprint density at radius 2 is 1.56 bits per heavy atom. The molecule has 2 nitrogen and oxygen atoms in total. The summed E-state index contributed by atoms with van der Waals surface area (Å²) >= 11 is 0. The normalized spacial score (nSPS) is 51.0. The van der Waals surface area contributed by atoms with Crippen molar-refractivity contribution in [3.05, 3.63) is 0 Å². The molecule has 5 fully saturated rings. The fourth-order valence-corrected chi connectivity index (χ4v) is 10.6. The van der Waals surface area contributed by atoms with Gasteiger partial charge in [0.1, 0.15) is 0 Å². The number of fused-ring (bicyclic) bond motifs is 5. The average molecular weight is 445 g/mol. The molecule has 2 N–H and O–H groups in total. The Morgan fingerprint density at radius 1 is 0.844 bits per heavy atom. The first-order chi connectivity index (χ1) is 15.2. The van der Waals surface area contributed by atoms with Crippen LogP contribution in [0.1, 0.15) is 124 Å². The van der Waals surface area contributed by atoms with Gasteiger partial charge in [0.25, 0.3) is 0 Å². The van der Waals surface area contributed by atoms with Crippen molar-refractivity contribution in [3.63, 3.8) is 0 Å². The summed E-state index contributed by atoms with van der Waals surface area (Å²) in [5.41, 5.74) is 0.514. The molecular weight excluding hydrogens is 392 g/mol. The van der Waals surface area contributed by atoms with Crippen molar-refractivity contribution in [1.29, 1.82) is 0 Å². The van der Waals surface area contributed by atoms with Crippen LogP contribution < -0.4 is 0 Å². The van der Waals surface area contributed by atoms with E-state index in [4.69, 9.17) is 0 Å². The van der Waals surface area contributed by atoms with Crippen LogP contribution in [-0.2, 0) is 0 Å². The minimum Gasteiger partial charge on any atom is -0.393 e. The van der Waals surface area contributed by atoms with Crippen LogP contribution >= 0.6 is 0 Å². The lowest BCUT2D eigenvalue weighted by molar-refractivity contribution is -0.154. The largest absolute Gasteiger partial charge is 0.393 e. The molecule has 10 atom stereocenters. The maximum atomic E-state index is 11.2. The summed E-state index contributed by atoms with van der Waals surface area (Å²) in [7, 11) is 0. The molecule has 0 aromatic rings. The summed E-state index contributed by atoms with van der Waals surface area (Å²) in [6, 6.07) is 0. The zero-order valence-corrected chi connectivity index (χ0v) is 21.6. The van der Waals surface area contributed by atoms with Crippen LogP contribution in [0.3, 0.4) is 0 Å². The van der Waals surface area contributed by atoms with Crippen molar-refractivity contribution < 1.29 is 10.2 Å². The first-order valence-electron chi connectivity index (χ1n) is 14.6. The van der Waals surface area contributed by atoms with E-state index < -0.39 is 0 Å². The Kier molecular flexibility index (Phi) is 6.31. The van der Waals surface area contributed by atoms with Gasteiger partial charge in [0.15, 0.2) is 0 Å². The van der Waals surface area contributed by atoms with Crippen molar-refractivity contribution in [2.45, 2.75) is 136 Å². The molecule has 0 aromatic carbocycles. The summed E-state index contributed by atoms with van der Waals surface area (Å²) in [6.07, 6.45) is 19.0. The van der Waals surface area contributed by atoms with Crippen LogP contribution in [0, 0.1) is 52.3 Å². The highest BCUT2D eigenvalue weighted by Gasteiger charge is 2.61. The Labute approximate surface area is 198 Å². The fraction of sp³-hybridized carbons (Fsp3) is 1.00. The third-order valence-electron chi connectivity index (χ3n) is 12.8. The molecule has 0 bridgehead atoms. The zero-order valence-electron chi connectivity index (χ0n) is 21.6. The molecule has 0 unspecified atom stereocenters. The van der Waals surface area contributed by atoms with E-state index in [1.165, 1.54) is 70.6 Å². The second-order valence-corrected chi connectivity index (χ2v) is 14.0. The minimum absolute atomic E-state index is 0.0882. The van der Waals surface area contributed by atoms with E-state index >= 15 is 0 Å². The molecule has 0 radical (unpaired) electrons. The molecule has 2 heteroatoms. The van der Waals surface area contributed by atoms with E-state index in [0.29, 0.717) is 22.7 Å². The number of rotatable bonds is 5. The number of hydrogen-bond donors (Lipinski definition) is 2. The monoisotopic (exact) mass is 444 g/mol. The Bertz CT molecular complexity index is 670. The van der Waals surface area contributed by atoms with Crippen LogP contribution in [0.2, 0.25) is 0 Å². The first-order valence-corrected chi connectivity index (χ1v) is 14.6. The van der Waals surface area contributed by atoms with E-state index in [1.807, 2.05) is 0 Å². The van der Waals surface area contributed by atoms with Gasteiger partial charge in [-0.05, 0) is 123 Å². The number of aliphatic hydroxyl groups is 2. The maximum Gasteiger partial charge on any atom is 0.0648 e. The third kappa shape index (κ3) is 3.73. The Morgan fingerprint density at radius 3 is 2.28 bits per heavy atom. The predicted molar refractivity (Wildman–Crippen MR) is 132 cm³/mol. The molecule has 5 aliphatic rings. The Balaban J connectivity index is 1.29. The number of aliphatic hydroxyl groups excluding tert-OH is 1. The maximum absolute atomic E-state index is 11.2. The van der Waals surface area contributed by atoms with Gasteiger partial charge in [-0.3, -0.25) is 0 Å². The quantitative estimate of drug-likeness (QED) is 0.465. The smallest absolute Gasteiger partial charge is 0.0648 e. The van der Waals surface area contributed by atoms with Gasteiger partial charge in [-0.1, -0.05) is 53.4 Å². The summed E-state index contributed by atoms with van der Waals surface area (Å²) in [5, 5.41) is 22.3. The van der Waals surface area contributed by atoms with Crippen LogP contribution in [0.25, 0.3) is 0 Å². The van der Waals surface area contributed by atoms with Crippen molar-refractivity contribution in [2.75, 3.05) is 0 Å². The standard InChI is InChI=1S/C30H52O2/c1-5-30(32)17-16-28(3)22(19-30)10-11-23-25-13-12-24(29(25,4)15-14-26(23)28)20(2)27(31)18-21-8-6-7-9-21/h20-27,31-32H,5-19H2,1-4H3/t20-,22+,23-,24+,25-,26-,27+,28-,29+,30-/m0/s1. The highest BCUT2D eigenvalue weighted by atomic mass is 16.3. The topological polar surface area (TPSA) is 40.5 Å². The third-order valence-corrected chi connectivity index (χ3v) is 12.8. The van der Waals surface area contributed by atoms with Gasteiger partial charge in [0.2, 0.25) is 0 Å². The van der Waals surface area contributed by atoms with Crippen molar-refractivity contribution in [1.82, 2.24) is 0 Å². The molecule has 32 heavy (non-hydrogen) atoms. The molecule has 0 amide bonds. The van der Waals surface area contributed by atoms with Gasteiger partial charge in [0.05, 0.1) is 11.7 Å². The van der Waals surface area contributed by atoms with E-state index in [0.717, 1.165) is 55.3 Å². The van der Waals surface area contributed by atoms with Crippen LogP contribution in [0.4, 0.5) is 0 Å². The molecule has 5 saturated carbocycles. The molecule has 5 aliphatic carbocycles. The summed E-state index contributed by atoms with van der Waals surface area (Å²) in [6.45, 7) is 9.83. The summed E-state index contributed by atoms with van der Waals surface area (Å²) in [5.74, 6) is 5.34. The molecule has 0 saturated heterocycles.